The quantitative estimate of drug-likeness (QED) is 0.119. The summed E-state index contributed by atoms with van der Waals surface area (Å²) in [5, 5.41) is 20.5. The number of carbonyl (C=O) groups is 3. The van der Waals surface area contributed by atoms with E-state index in [0.717, 1.165) is 0 Å². The lowest BCUT2D eigenvalue weighted by atomic mass is 9.91. The van der Waals surface area contributed by atoms with Crippen LogP contribution < -0.4 is 14.2 Å². The Morgan fingerprint density at radius 2 is 1.27 bits per heavy atom. The Bertz CT molecular complexity index is 1950. The molecule has 0 aliphatic rings. The molecule has 2 N–H and O–H groups in total. The number of carboxylic acids is 2. The van der Waals surface area contributed by atoms with Gasteiger partial charge in [-0.1, -0.05) is 34.8 Å². The SMILES string of the molecule is Cc1nccc(Cc2cc(Cl)ccc2OC(C)(C)C(=O)O)c1C(OC(=O)C(C)(C)Oc1ccc(Cl)cc1)c1cc(OC(C)(C)C(=O)O)ccc1Cl.Cl. The van der Waals surface area contributed by atoms with Gasteiger partial charge in [0.15, 0.2) is 22.9 Å². The number of carbonyl (C=O) groups excluding carboxylic acids is 1. The van der Waals surface area contributed by atoms with Crippen LogP contribution in [0.4, 0.5) is 0 Å². The van der Waals surface area contributed by atoms with Gasteiger partial charge < -0.3 is 29.2 Å². The molecule has 1 unspecified atom stereocenters. The summed E-state index contributed by atoms with van der Waals surface area (Å²) in [7, 11) is 0. The van der Waals surface area contributed by atoms with Crippen LogP contribution in [0.2, 0.25) is 15.1 Å². The Morgan fingerprint density at radius 1 is 0.712 bits per heavy atom. The normalized spacial score (nSPS) is 12.3. The van der Waals surface area contributed by atoms with Crippen molar-refractivity contribution in [2.24, 2.45) is 0 Å². The number of benzene rings is 3. The van der Waals surface area contributed by atoms with Crippen molar-refractivity contribution in [1.29, 1.82) is 0 Å². The third kappa shape index (κ3) is 10.2. The minimum absolute atomic E-state index is 0. The van der Waals surface area contributed by atoms with Crippen LogP contribution >= 0.6 is 47.2 Å². The Balaban J connectivity index is 0.00000729. The Kier molecular flexibility index (Phi) is 13.5. The minimum Gasteiger partial charge on any atom is -0.478 e. The third-order valence-corrected chi connectivity index (χ3v) is 8.70. The molecule has 278 valence electrons. The molecule has 10 nitrogen and oxygen atoms in total. The maximum atomic E-state index is 14.1. The molecule has 1 atom stereocenters. The highest BCUT2D eigenvalue weighted by molar-refractivity contribution is 6.31. The molecule has 1 aromatic heterocycles. The molecule has 14 heteroatoms. The fourth-order valence-electron chi connectivity index (χ4n) is 4.94. The van der Waals surface area contributed by atoms with Crippen LogP contribution in [0.25, 0.3) is 0 Å². The van der Waals surface area contributed by atoms with E-state index >= 15 is 0 Å². The van der Waals surface area contributed by atoms with Crippen LogP contribution in [0.5, 0.6) is 17.2 Å². The van der Waals surface area contributed by atoms with Gasteiger partial charge in [-0.3, -0.25) is 4.98 Å². The van der Waals surface area contributed by atoms with Crippen molar-refractivity contribution >= 4 is 65.1 Å². The van der Waals surface area contributed by atoms with E-state index in [-0.39, 0.29) is 40.9 Å². The van der Waals surface area contributed by atoms with Crippen molar-refractivity contribution < 1.29 is 43.5 Å². The van der Waals surface area contributed by atoms with Gasteiger partial charge in [0.2, 0.25) is 0 Å². The molecular weight excluding hydrogens is 756 g/mol. The van der Waals surface area contributed by atoms with Gasteiger partial charge in [-0.15, -0.1) is 12.4 Å². The molecule has 4 aromatic rings. The molecule has 0 fully saturated rings. The van der Waals surface area contributed by atoms with Crippen LogP contribution in [0, 0.1) is 6.92 Å². The van der Waals surface area contributed by atoms with E-state index in [4.69, 9.17) is 53.8 Å². The van der Waals surface area contributed by atoms with Crippen molar-refractivity contribution in [1.82, 2.24) is 4.98 Å². The fourth-order valence-corrected chi connectivity index (χ4v) is 5.48. The Labute approximate surface area is 323 Å². The molecule has 0 bridgehead atoms. The predicted molar refractivity (Wildman–Crippen MR) is 201 cm³/mol. The summed E-state index contributed by atoms with van der Waals surface area (Å²) in [6.45, 7) is 10.5. The van der Waals surface area contributed by atoms with Crippen molar-refractivity contribution in [3.8, 4) is 17.2 Å². The molecule has 0 amide bonds. The summed E-state index contributed by atoms with van der Waals surface area (Å²) in [5.74, 6) is -2.31. The summed E-state index contributed by atoms with van der Waals surface area (Å²) >= 11 is 19.3. The number of aromatic nitrogens is 1. The van der Waals surface area contributed by atoms with E-state index in [1.165, 1.54) is 45.9 Å². The highest BCUT2D eigenvalue weighted by Gasteiger charge is 2.38. The summed E-state index contributed by atoms with van der Waals surface area (Å²) in [5.41, 5.74) is -2.32. The zero-order valence-corrected chi connectivity index (χ0v) is 32.5. The summed E-state index contributed by atoms with van der Waals surface area (Å²) in [4.78, 5) is 42.4. The molecule has 4 rings (SSSR count). The first-order valence-electron chi connectivity index (χ1n) is 15.7. The Morgan fingerprint density at radius 3 is 1.88 bits per heavy atom. The smallest absolute Gasteiger partial charge is 0.350 e. The molecule has 0 spiro atoms. The van der Waals surface area contributed by atoms with Gasteiger partial charge in [-0.05, 0) is 121 Å². The average Bonchev–Trinajstić information content (AvgIpc) is 3.03. The number of aliphatic carboxylic acids is 2. The third-order valence-electron chi connectivity index (χ3n) is 7.87. The average molecular weight is 796 g/mol. The monoisotopic (exact) mass is 793 g/mol. The largest absolute Gasteiger partial charge is 0.478 e. The van der Waals surface area contributed by atoms with E-state index < -0.39 is 40.8 Å². The van der Waals surface area contributed by atoms with Crippen LogP contribution in [0.1, 0.15) is 75.6 Å². The number of ether oxygens (including phenoxy) is 4. The van der Waals surface area contributed by atoms with Crippen molar-refractivity contribution in [3.05, 3.63) is 116 Å². The van der Waals surface area contributed by atoms with E-state index in [9.17, 15) is 24.6 Å². The first-order chi connectivity index (χ1) is 23.7. The number of carboxylic acid groups (broad SMARTS) is 2. The number of aryl methyl sites for hydroxylation is 1. The highest BCUT2D eigenvalue weighted by atomic mass is 35.5. The number of rotatable bonds is 14. The maximum absolute atomic E-state index is 14.1. The van der Waals surface area contributed by atoms with Crippen LogP contribution in [-0.2, 0) is 25.5 Å². The number of hydrogen-bond acceptors (Lipinski definition) is 8. The van der Waals surface area contributed by atoms with Crippen molar-refractivity contribution in [2.75, 3.05) is 0 Å². The predicted octanol–water partition coefficient (Wildman–Crippen LogP) is 9.34. The lowest BCUT2D eigenvalue weighted by Gasteiger charge is -2.30. The number of nitrogens with zero attached hydrogens (tertiary/aromatic N) is 1. The second-order valence-corrected chi connectivity index (χ2v) is 14.5. The zero-order chi connectivity index (χ0) is 37.9. The molecule has 0 aliphatic carbocycles. The van der Waals surface area contributed by atoms with E-state index in [2.05, 4.69) is 4.98 Å². The Hall–Kier alpha value is -4.22. The van der Waals surface area contributed by atoms with Crippen molar-refractivity contribution in [2.45, 2.75) is 77.8 Å². The second kappa shape index (κ2) is 16.6. The van der Waals surface area contributed by atoms with Crippen LogP contribution in [0.3, 0.4) is 0 Å². The van der Waals surface area contributed by atoms with Gasteiger partial charge in [-0.25, -0.2) is 14.4 Å². The zero-order valence-electron chi connectivity index (χ0n) is 29.5. The second-order valence-electron chi connectivity index (χ2n) is 13.3. The van der Waals surface area contributed by atoms with Crippen LogP contribution in [-0.4, -0.2) is 49.9 Å². The van der Waals surface area contributed by atoms with Crippen molar-refractivity contribution in [3.63, 3.8) is 0 Å². The van der Waals surface area contributed by atoms with Gasteiger partial charge in [0, 0.05) is 50.1 Å². The molecule has 52 heavy (non-hydrogen) atoms. The lowest BCUT2D eigenvalue weighted by Crippen LogP contribution is -2.40. The summed E-state index contributed by atoms with van der Waals surface area (Å²) < 4.78 is 24.1. The molecule has 3 aromatic carbocycles. The lowest BCUT2D eigenvalue weighted by molar-refractivity contribution is -0.163. The van der Waals surface area contributed by atoms with Gasteiger partial charge in [-0.2, -0.15) is 0 Å². The first-order valence-corrected chi connectivity index (χ1v) is 16.9. The molecule has 0 saturated carbocycles. The summed E-state index contributed by atoms with van der Waals surface area (Å²) in [6, 6.07) is 17.6. The molecule has 0 saturated heterocycles. The maximum Gasteiger partial charge on any atom is 0.350 e. The molecule has 0 aliphatic heterocycles. The number of pyridine rings is 1. The van der Waals surface area contributed by atoms with E-state index in [0.29, 0.717) is 38.2 Å². The first kappa shape index (κ1) is 42.2. The van der Waals surface area contributed by atoms with Gasteiger partial charge in [0.1, 0.15) is 17.2 Å². The number of hydrogen-bond donors (Lipinski definition) is 2. The fraction of sp³-hybridized carbons (Fsp3) is 0.316. The summed E-state index contributed by atoms with van der Waals surface area (Å²) in [6.07, 6.45) is 0.504. The van der Waals surface area contributed by atoms with Crippen LogP contribution in [0.15, 0.2) is 72.9 Å². The molecular formula is C38H39Cl4NO9. The van der Waals surface area contributed by atoms with E-state index in [1.54, 1.807) is 75.5 Å². The number of halogens is 4. The molecule has 1 heterocycles. The molecule has 0 radical (unpaired) electrons. The standard InChI is InChI=1S/C38H38Cl3NO9.ClH/c1-21-31(22(16-17-42-21)18-23-19-25(40)10-15-30(23)51-37(4,5)34(45)46)32(28-20-27(13-14-29(28)41)50-36(2,3)33(43)44)48-35(47)38(6,7)49-26-11-8-24(39)9-12-26;/h8-17,19-20,32H,18H2,1-7H3,(H,43,44)(H,45,46);1H. The van der Waals surface area contributed by atoms with E-state index in [1.807, 2.05) is 0 Å². The van der Waals surface area contributed by atoms with Gasteiger partial charge >= 0.3 is 17.9 Å². The number of esters is 1. The van der Waals surface area contributed by atoms with Gasteiger partial charge in [0.25, 0.3) is 0 Å². The topological polar surface area (TPSA) is 141 Å². The highest BCUT2D eigenvalue weighted by Crippen LogP contribution is 2.40. The minimum atomic E-state index is -1.60. The van der Waals surface area contributed by atoms with Gasteiger partial charge in [0.05, 0.1) is 0 Å².